The van der Waals surface area contributed by atoms with E-state index in [9.17, 15) is 13.2 Å². The van der Waals surface area contributed by atoms with Crippen molar-refractivity contribution in [1.82, 2.24) is 9.29 Å². The third-order valence-corrected chi connectivity index (χ3v) is 7.61. The molecule has 1 fully saturated rings. The van der Waals surface area contributed by atoms with Crippen LogP contribution in [-0.4, -0.2) is 36.7 Å². The van der Waals surface area contributed by atoms with Crippen molar-refractivity contribution in [1.29, 1.82) is 0 Å². The molecule has 2 aromatic rings. The van der Waals surface area contributed by atoms with Gasteiger partial charge in [0.15, 0.2) is 5.13 Å². The molecule has 0 unspecified atom stereocenters. The van der Waals surface area contributed by atoms with Crippen LogP contribution in [-0.2, 0) is 10.0 Å². The Morgan fingerprint density at radius 3 is 2.58 bits per heavy atom. The Bertz CT molecular complexity index is 900. The third kappa shape index (κ3) is 3.82. The minimum absolute atomic E-state index is 0.219. The van der Waals surface area contributed by atoms with Gasteiger partial charge in [-0.1, -0.05) is 6.92 Å². The highest BCUT2D eigenvalue weighted by Crippen LogP contribution is 2.28. The molecule has 140 valence electrons. The fourth-order valence-electron chi connectivity index (χ4n) is 3.04. The lowest BCUT2D eigenvalue weighted by atomic mass is 10.0. The number of benzene rings is 1. The van der Waals surface area contributed by atoms with Crippen LogP contribution in [0, 0.1) is 19.8 Å². The molecule has 1 saturated heterocycles. The second kappa shape index (κ2) is 7.46. The van der Waals surface area contributed by atoms with Crippen molar-refractivity contribution in [3.63, 3.8) is 0 Å². The number of aryl methyl sites for hydroxylation is 1. The molecule has 0 aliphatic carbocycles. The highest BCUT2D eigenvalue weighted by molar-refractivity contribution is 7.89. The van der Waals surface area contributed by atoms with Crippen LogP contribution in [0.1, 0.15) is 41.3 Å². The molecule has 0 bridgehead atoms. The van der Waals surface area contributed by atoms with Crippen molar-refractivity contribution in [3.05, 3.63) is 40.4 Å². The van der Waals surface area contributed by atoms with Gasteiger partial charge in [-0.3, -0.25) is 10.1 Å². The molecule has 26 heavy (non-hydrogen) atoms. The van der Waals surface area contributed by atoms with Crippen molar-refractivity contribution < 1.29 is 13.2 Å². The number of amides is 1. The van der Waals surface area contributed by atoms with E-state index in [0.717, 1.165) is 18.4 Å². The van der Waals surface area contributed by atoms with Crippen LogP contribution in [0.4, 0.5) is 5.13 Å². The Morgan fingerprint density at radius 2 is 1.96 bits per heavy atom. The number of piperidine rings is 1. The summed E-state index contributed by atoms with van der Waals surface area (Å²) in [6, 6.07) is 3.20. The zero-order chi connectivity index (χ0) is 18.9. The van der Waals surface area contributed by atoms with Crippen LogP contribution in [0.25, 0.3) is 0 Å². The largest absolute Gasteiger partial charge is 0.298 e. The zero-order valence-corrected chi connectivity index (χ0v) is 16.8. The maximum absolute atomic E-state index is 13.1. The molecule has 6 nitrogen and oxygen atoms in total. The predicted molar refractivity (Wildman–Crippen MR) is 103 cm³/mol. The highest BCUT2D eigenvalue weighted by Gasteiger charge is 2.30. The Kier molecular flexibility index (Phi) is 5.45. The van der Waals surface area contributed by atoms with E-state index in [-0.39, 0.29) is 10.8 Å². The average Bonchev–Trinajstić information content (AvgIpc) is 3.10. The van der Waals surface area contributed by atoms with E-state index in [1.54, 1.807) is 24.6 Å². The van der Waals surface area contributed by atoms with Crippen LogP contribution in [0.3, 0.4) is 0 Å². The first kappa shape index (κ1) is 19.0. The number of nitrogens with one attached hydrogen (secondary N) is 1. The van der Waals surface area contributed by atoms with E-state index in [0.29, 0.717) is 35.3 Å². The Labute approximate surface area is 158 Å². The second-order valence-corrected chi connectivity index (χ2v) is 9.60. The van der Waals surface area contributed by atoms with Gasteiger partial charge in [0.1, 0.15) is 0 Å². The molecule has 1 aromatic carbocycles. The van der Waals surface area contributed by atoms with E-state index in [2.05, 4.69) is 17.2 Å². The smallest absolute Gasteiger partial charge is 0.257 e. The normalized spacial score (nSPS) is 16.6. The van der Waals surface area contributed by atoms with Gasteiger partial charge in [0, 0.05) is 30.2 Å². The zero-order valence-electron chi connectivity index (χ0n) is 15.2. The molecule has 1 aliphatic heterocycles. The summed E-state index contributed by atoms with van der Waals surface area (Å²) in [7, 11) is -3.62. The first-order valence-electron chi connectivity index (χ1n) is 8.61. The van der Waals surface area contributed by atoms with Crippen molar-refractivity contribution in [2.24, 2.45) is 5.92 Å². The quantitative estimate of drug-likeness (QED) is 0.863. The standard InChI is InChI=1S/C18H23N3O3S2/c1-12-4-7-21(8-5-12)26(23,24)16-11-15(10-13(2)14(16)3)17(22)20-18-19-6-9-25-18/h6,9-12H,4-5,7-8H2,1-3H3,(H,19,20,22). The van der Waals surface area contributed by atoms with E-state index in [4.69, 9.17) is 0 Å². The van der Waals surface area contributed by atoms with Crippen LogP contribution in [0.15, 0.2) is 28.6 Å². The monoisotopic (exact) mass is 393 g/mol. The molecule has 0 radical (unpaired) electrons. The van der Waals surface area contributed by atoms with Gasteiger partial charge in [-0.25, -0.2) is 13.4 Å². The number of carbonyl (C=O) groups is 1. The molecule has 1 aliphatic rings. The number of hydrogen-bond donors (Lipinski definition) is 1. The van der Waals surface area contributed by atoms with Gasteiger partial charge in [-0.05, 0) is 55.9 Å². The molecule has 0 saturated carbocycles. The first-order chi connectivity index (χ1) is 12.3. The maximum atomic E-state index is 13.1. The van der Waals surface area contributed by atoms with Crippen LogP contribution < -0.4 is 5.32 Å². The lowest BCUT2D eigenvalue weighted by Gasteiger charge is -2.30. The summed E-state index contributed by atoms with van der Waals surface area (Å²) in [4.78, 5) is 16.8. The molecule has 1 aromatic heterocycles. The third-order valence-electron chi connectivity index (χ3n) is 4.90. The lowest BCUT2D eigenvalue weighted by molar-refractivity contribution is 0.102. The number of carbonyl (C=O) groups excluding carboxylic acids is 1. The van der Waals surface area contributed by atoms with Crippen LogP contribution in [0.2, 0.25) is 0 Å². The van der Waals surface area contributed by atoms with Crippen molar-refractivity contribution in [2.45, 2.75) is 38.5 Å². The fraction of sp³-hybridized carbons (Fsp3) is 0.444. The molecule has 0 spiro atoms. The summed E-state index contributed by atoms with van der Waals surface area (Å²) in [5.74, 6) is 0.187. The summed E-state index contributed by atoms with van der Waals surface area (Å²) in [5.41, 5.74) is 1.79. The molecule has 3 rings (SSSR count). The van der Waals surface area contributed by atoms with Gasteiger partial charge in [0.25, 0.3) is 5.91 Å². The fourth-order valence-corrected chi connectivity index (χ4v) is 5.36. The van der Waals surface area contributed by atoms with E-state index < -0.39 is 10.0 Å². The molecular weight excluding hydrogens is 370 g/mol. The van der Waals surface area contributed by atoms with Gasteiger partial charge >= 0.3 is 0 Å². The number of sulfonamides is 1. The van der Waals surface area contributed by atoms with Gasteiger partial charge in [0.2, 0.25) is 10.0 Å². The Balaban J connectivity index is 1.94. The molecular formula is C18H23N3O3S2. The molecule has 1 N–H and O–H groups in total. The lowest BCUT2D eigenvalue weighted by Crippen LogP contribution is -2.38. The minimum Gasteiger partial charge on any atom is -0.298 e. The Morgan fingerprint density at radius 1 is 1.27 bits per heavy atom. The van der Waals surface area contributed by atoms with Crippen molar-refractivity contribution >= 4 is 32.4 Å². The number of hydrogen-bond acceptors (Lipinski definition) is 5. The number of aromatic nitrogens is 1. The highest BCUT2D eigenvalue weighted by atomic mass is 32.2. The predicted octanol–water partition coefficient (Wildman–Crippen LogP) is 3.43. The van der Waals surface area contributed by atoms with Gasteiger partial charge < -0.3 is 0 Å². The van der Waals surface area contributed by atoms with Gasteiger partial charge in [-0.15, -0.1) is 11.3 Å². The molecule has 8 heteroatoms. The first-order valence-corrected chi connectivity index (χ1v) is 10.9. The van der Waals surface area contributed by atoms with Crippen LogP contribution >= 0.6 is 11.3 Å². The molecule has 0 atom stereocenters. The maximum Gasteiger partial charge on any atom is 0.257 e. The van der Waals surface area contributed by atoms with Gasteiger partial charge in [-0.2, -0.15) is 4.31 Å². The number of thiazole rings is 1. The van der Waals surface area contributed by atoms with E-state index in [1.807, 2.05) is 6.92 Å². The molecule has 2 heterocycles. The number of rotatable bonds is 4. The van der Waals surface area contributed by atoms with Crippen molar-refractivity contribution in [2.75, 3.05) is 18.4 Å². The SMILES string of the molecule is Cc1cc(C(=O)Nc2nccs2)cc(S(=O)(=O)N2CCC(C)CC2)c1C. The van der Waals surface area contributed by atoms with Crippen molar-refractivity contribution in [3.8, 4) is 0 Å². The van der Waals surface area contributed by atoms with Crippen LogP contribution in [0.5, 0.6) is 0 Å². The minimum atomic E-state index is -3.62. The summed E-state index contributed by atoms with van der Waals surface area (Å²) < 4.78 is 27.8. The van der Waals surface area contributed by atoms with E-state index in [1.165, 1.54) is 21.7 Å². The second-order valence-electron chi connectivity index (χ2n) is 6.79. The number of anilines is 1. The summed E-state index contributed by atoms with van der Waals surface area (Å²) >= 11 is 1.32. The molecule has 1 amide bonds. The van der Waals surface area contributed by atoms with E-state index >= 15 is 0 Å². The summed E-state index contributed by atoms with van der Waals surface area (Å²) in [6.45, 7) is 6.81. The topological polar surface area (TPSA) is 79.4 Å². The summed E-state index contributed by atoms with van der Waals surface area (Å²) in [6.07, 6.45) is 3.33. The average molecular weight is 394 g/mol. The number of nitrogens with zero attached hydrogens (tertiary/aromatic N) is 2. The Hall–Kier alpha value is -1.77. The summed E-state index contributed by atoms with van der Waals surface area (Å²) in [5, 5.41) is 4.96. The van der Waals surface area contributed by atoms with Gasteiger partial charge in [0.05, 0.1) is 4.90 Å².